The molecule has 2 heterocycles. The molecule has 1 N–H and O–H groups in total. The molecule has 1 amide bonds. The third-order valence-electron chi connectivity index (χ3n) is 3.79. The second-order valence-corrected chi connectivity index (χ2v) is 5.12. The number of hydrogen-bond acceptors (Lipinski definition) is 4. The Morgan fingerprint density at radius 2 is 2.11 bits per heavy atom. The van der Waals surface area contributed by atoms with E-state index in [1.165, 1.54) is 0 Å². The predicted octanol–water partition coefficient (Wildman–Crippen LogP) is 0.495. The SMILES string of the molecule is CC1CN(Cc2ccncc2)C(=O)C(CCO)N1C. The van der Waals surface area contributed by atoms with Crippen LogP contribution < -0.4 is 0 Å². The monoisotopic (exact) mass is 263 g/mol. The zero-order valence-electron chi connectivity index (χ0n) is 11.5. The number of aromatic nitrogens is 1. The van der Waals surface area contributed by atoms with E-state index >= 15 is 0 Å². The highest BCUT2D eigenvalue weighted by molar-refractivity contribution is 5.82. The first-order valence-electron chi connectivity index (χ1n) is 6.64. The fraction of sp³-hybridized carbons (Fsp3) is 0.571. The normalized spacial score (nSPS) is 24.8. The van der Waals surface area contributed by atoms with Crippen LogP contribution in [0.15, 0.2) is 24.5 Å². The molecule has 1 aliphatic rings. The van der Waals surface area contributed by atoms with Crippen molar-refractivity contribution in [2.75, 3.05) is 20.2 Å². The molecule has 2 rings (SSSR count). The highest BCUT2D eigenvalue weighted by Gasteiger charge is 2.35. The Balaban J connectivity index is 2.10. The summed E-state index contributed by atoms with van der Waals surface area (Å²) >= 11 is 0. The zero-order chi connectivity index (χ0) is 13.8. The van der Waals surface area contributed by atoms with Crippen molar-refractivity contribution in [2.24, 2.45) is 0 Å². The maximum atomic E-state index is 12.4. The van der Waals surface area contributed by atoms with E-state index in [4.69, 9.17) is 5.11 Å². The summed E-state index contributed by atoms with van der Waals surface area (Å²) in [5.41, 5.74) is 1.09. The molecule has 1 aromatic rings. The molecule has 0 saturated carbocycles. The summed E-state index contributed by atoms with van der Waals surface area (Å²) in [6.45, 7) is 3.48. The van der Waals surface area contributed by atoms with Gasteiger partial charge in [-0.25, -0.2) is 0 Å². The highest BCUT2D eigenvalue weighted by Crippen LogP contribution is 2.19. The van der Waals surface area contributed by atoms with Gasteiger partial charge in [0.05, 0.1) is 6.04 Å². The minimum Gasteiger partial charge on any atom is -0.396 e. The molecule has 0 radical (unpaired) electrons. The van der Waals surface area contributed by atoms with Crippen LogP contribution in [0.2, 0.25) is 0 Å². The van der Waals surface area contributed by atoms with Gasteiger partial charge in [-0.3, -0.25) is 14.7 Å². The van der Waals surface area contributed by atoms with Crippen LogP contribution in [0.3, 0.4) is 0 Å². The van der Waals surface area contributed by atoms with Gasteiger partial charge in [-0.15, -0.1) is 0 Å². The maximum Gasteiger partial charge on any atom is 0.240 e. The first kappa shape index (κ1) is 14.0. The molecule has 104 valence electrons. The summed E-state index contributed by atoms with van der Waals surface area (Å²) in [6, 6.07) is 3.95. The molecule has 0 aromatic carbocycles. The first-order valence-corrected chi connectivity index (χ1v) is 6.64. The van der Waals surface area contributed by atoms with E-state index in [9.17, 15) is 4.79 Å². The van der Waals surface area contributed by atoms with Crippen molar-refractivity contribution >= 4 is 5.91 Å². The quantitative estimate of drug-likeness (QED) is 0.859. The third-order valence-corrected chi connectivity index (χ3v) is 3.79. The number of pyridine rings is 1. The number of aliphatic hydroxyl groups is 1. The number of piperazine rings is 1. The van der Waals surface area contributed by atoms with Crippen molar-refractivity contribution in [1.29, 1.82) is 0 Å². The molecule has 1 aromatic heterocycles. The number of aliphatic hydroxyl groups excluding tert-OH is 1. The van der Waals surface area contributed by atoms with Crippen LogP contribution in [0.25, 0.3) is 0 Å². The lowest BCUT2D eigenvalue weighted by atomic mass is 10.0. The minimum atomic E-state index is -0.212. The Bertz CT molecular complexity index is 424. The largest absolute Gasteiger partial charge is 0.396 e. The Hall–Kier alpha value is -1.46. The zero-order valence-corrected chi connectivity index (χ0v) is 11.5. The van der Waals surface area contributed by atoms with E-state index in [1.54, 1.807) is 12.4 Å². The molecule has 2 unspecified atom stereocenters. The Kier molecular flexibility index (Phi) is 4.50. The summed E-state index contributed by atoms with van der Waals surface area (Å²) in [4.78, 5) is 20.3. The fourth-order valence-electron chi connectivity index (χ4n) is 2.53. The van der Waals surface area contributed by atoms with Gasteiger partial charge in [0.2, 0.25) is 5.91 Å². The highest BCUT2D eigenvalue weighted by atomic mass is 16.3. The molecule has 1 fully saturated rings. The molecule has 1 aliphatic heterocycles. The smallest absolute Gasteiger partial charge is 0.240 e. The minimum absolute atomic E-state index is 0.0383. The molecule has 0 bridgehead atoms. The second kappa shape index (κ2) is 6.12. The first-order chi connectivity index (χ1) is 9.13. The van der Waals surface area contributed by atoms with Gasteiger partial charge in [0.25, 0.3) is 0 Å². The van der Waals surface area contributed by atoms with E-state index in [2.05, 4.69) is 16.8 Å². The van der Waals surface area contributed by atoms with E-state index in [1.807, 2.05) is 24.1 Å². The van der Waals surface area contributed by atoms with E-state index in [0.29, 0.717) is 19.0 Å². The summed E-state index contributed by atoms with van der Waals surface area (Å²) in [5.74, 6) is 0.103. The summed E-state index contributed by atoms with van der Waals surface area (Å²) in [6.07, 6.45) is 3.97. The molecule has 1 saturated heterocycles. The lowest BCUT2D eigenvalue weighted by Gasteiger charge is -2.43. The Morgan fingerprint density at radius 3 is 2.74 bits per heavy atom. The molecule has 0 aliphatic carbocycles. The van der Waals surface area contributed by atoms with Crippen LogP contribution in [0.4, 0.5) is 0 Å². The number of carbonyl (C=O) groups excluding carboxylic acids is 1. The van der Waals surface area contributed by atoms with E-state index in [-0.39, 0.29) is 18.6 Å². The van der Waals surface area contributed by atoms with E-state index < -0.39 is 0 Å². The Morgan fingerprint density at radius 1 is 1.42 bits per heavy atom. The average molecular weight is 263 g/mol. The molecular formula is C14H21N3O2. The van der Waals surface area contributed by atoms with Gasteiger partial charge in [0.1, 0.15) is 0 Å². The second-order valence-electron chi connectivity index (χ2n) is 5.12. The molecule has 5 nitrogen and oxygen atoms in total. The predicted molar refractivity (Wildman–Crippen MR) is 72.4 cm³/mol. The molecule has 5 heteroatoms. The van der Waals surface area contributed by atoms with Crippen molar-refractivity contribution in [1.82, 2.24) is 14.8 Å². The van der Waals surface area contributed by atoms with Gasteiger partial charge < -0.3 is 10.0 Å². The molecular weight excluding hydrogens is 242 g/mol. The maximum absolute atomic E-state index is 12.4. The van der Waals surface area contributed by atoms with Crippen LogP contribution in [0.5, 0.6) is 0 Å². The van der Waals surface area contributed by atoms with Gasteiger partial charge in [-0.1, -0.05) is 0 Å². The molecule has 19 heavy (non-hydrogen) atoms. The van der Waals surface area contributed by atoms with Crippen LogP contribution in [0, 0.1) is 0 Å². The lowest BCUT2D eigenvalue weighted by Crippen LogP contribution is -2.59. The average Bonchev–Trinajstić information content (AvgIpc) is 2.42. The summed E-state index contributed by atoms with van der Waals surface area (Å²) in [5, 5.41) is 9.11. The van der Waals surface area contributed by atoms with Crippen molar-refractivity contribution in [3.8, 4) is 0 Å². The van der Waals surface area contributed by atoms with Gasteiger partial charge in [-0.05, 0) is 38.1 Å². The van der Waals surface area contributed by atoms with Crippen molar-refractivity contribution < 1.29 is 9.90 Å². The van der Waals surface area contributed by atoms with Crippen LogP contribution in [0.1, 0.15) is 18.9 Å². The van der Waals surface area contributed by atoms with Crippen LogP contribution in [-0.4, -0.2) is 58.1 Å². The van der Waals surface area contributed by atoms with Gasteiger partial charge in [0, 0.05) is 38.1 Å². The van der Waals surface area contributed by atoms with Crippen molar-refractivity contribution in [2.45, 2.75) is 32.0 Å². The van der Waals surface area contributed by atoms with Gasteiger partial charge in [-0.2, -0.15) is 0 Å². The van der Waals surface area contributed by atoms with Gasteiger partial charge >= 0.3 is 0 Å². The number of likely N-dealkylation sites (N-methyl/N-ethyl adjacent to an activating group) is 1. The number of hydrogen-bond donors (Lipinski definition) is 1. The fourth-order valence-corrected chi connectivity index (χ4v) is 2.53. The third kappa shape index (κ3) is 3.11. The number of amides is 1. The molecule has 2 atom stereocenters. The number of rotatable bonds is 4. The van der Waals surface area contributed by atoms with Crippen LogP contribution >= 0.6 is 0 Å². The Labute approximate surface area is 113 Å². The van der Waals surface area contributed by atoms with Gasteiger partial charge in [0.15, 0.2) is 0 Å². The standard InChI is InChI=1S/C14H21N3O2/c1-11-9-17(10-12-3-6-15-7-4-12)14(19)13(5-8-18)16(11)2/h3-4,6-7,11,13,18H,5,8-10H2,1-2H3. The van der Waals surface area contributed by atoms with E-state index in [0.717, 1.165) is 12.1 Å². The number of carbonyl (C=O) groups is 1. The number of nitrogens with zero attached hydrogens (tertiary/aromatic N) is 3. The summed E-state index contributed by atoms with van der Waals surface area (Å²) < 4.78 is 0. The van der Waals surface area contributed by atoms with Crippen molar-refractivity contribution in [3.05, 3.63) is 30.1 Å². The van der Waals surface area contributed by atoms with Crippen LogP contribution in [-0.2, 0) is 11.3 Å². The summed E-state index contributed by atoms with van der Waals surface area (Å²) in [7, 11) is 1.95. The molecule has 0 spiro atoms. The topological polar surface area (TPSA) is 56.7 Å². The van der Waals surface area contributed by atoms with Crippen molar-refractivity contribution in [3.63, 3.8) is 0 Å². The lowest BCUT2D eigenvalue weighted by molar-refractivity contribution is -0.145.